The molecule has 2 heterocycles. The fraction of sp³-hybridized carbons (Fsp3) is 0.133. The summed E-state index contributed by atoms with van der Waals surface area (Å²) in [5.74, 6) is -4.97. The molecule has 1 unspecified atom stereocenters. The summed E-state index contributed by atoms with van der Waals surface area (Å²) in [7, 11) is -4.84. The van der Waals surface area contributed by atoms with Crippen molar-refractivity contribution in [1.82, 2.24) is 5.06 Å². The van der Waals surface area contributed by atoms with Gasteiger partial charge in [-0.15, -0.1) is 5.06 Å². The number of carbonyl (C=O) groups excluding carboxylic acids is 5. The monoisotopic (exact) mass is 418 g/mol. The Morgan fingerprint density at radius 3 is 2.25 bits per heavy atom. The van der Waals surface area contributed by atoms with Crippen LogP contribution < -0.4 is 4.90 Å². The Labute approximate surface area is 179 Å². The average molecular weight is 418 g/mol. The minimum atomic E-state index is -4.84. The molecule has 1 atom stereocenters. The summed E-state index contributed by atoms with van der Waals surface area (Å²) < 4.78 is 31.1. The normalized spacial score (nSPS) is 19.2. The van der Waals surface area contributed by atoms with Gasteiger partial charge in [-0.05, 0) is 18.2 Å². The van der Waals surface area contributed by atoms with Crippen molar-refractivity contribution in [2.75, 3.05) is 4.90 Å². The van der Waals surface area contributed by atoms with Crippen molar-refractivity contribution < 1.29 is 41.8 Å². The first-order chi connectivity index (χ1) is 12.6. The van der Waals surface area contributed by atoms with E-state index in [1.54, 1.807) is 0 Å². The summed E-state index contributed by atoms with van der Waals surface area (Å²) in [6.07, 6.45) is 1.22. The standard InChI is InChI=1S/C15H10N2O9S.Na.H/c18-11-4-5-12(19)16(11)9-3-1-2-8(6-9)15(22)26-17-13(20)7-10(14(17)21)27(23,24)25;;/h1-6,10H,7H2,(H,23,24,25);;. The van der Waals surface area contributed by atoms with Crippen LogP contribution in [0, 0.1) is 0 Å². The van der Waals surface area contributed by atoms with Crippen LogP contribution in [0.25, 0.3) is 0 Å². The number of hydrogen-bond donors (Lipinski definition) is 1. The van der Waals surface area contributed by atoms with Gasteiger partial charge >= 0.3 is 35.5 Å². The van der Waals surface area contributed by atoms with E-state index in [4.69, 9.17) is 4.55 Å². The second-order valence-electron chi connectivity index (χ2n) is 5.51. The Balaban J connectivity index is 0.00000280. The topological polar surface area (TPSA) is 155 Å². The molecule has 28 heavy (non-hydrogen) atoms. The molecule has 1 aromatic rings. The molecule has 0 aromatic heterocycles. The molecule has 0 spiro atoms. The molecule has 142 valence electrons. The molecule has 1 N–H and O–H groups in total. The Hall–Kier alpha value is -2.38. The van der Waals surface area contributed by atoms with Crippen molar-refractivity contribution >= 4 is 75.0 Å². The minimum absolute atomic E-state index is 0. The fourth-order valence-corrected chi connectivity index (χ4v) is 3.18. The van der Waals surface area contributed by atoms with Crippen LogP contribution in [0.5, 0.6) is 0 Å². The zero-order chi connectivity index (χ0) is 19.9. The van der Waals surface area contributed by atoms with Crippen LogP contribution in [0.2, 0.25) is 0 Å². The third kappa shape index (κ3) is 4.05. The van der Waals surface area contributed by atoms with Gasteiger partial charge in [0.15, 0.2) is 5.25 Å². The van der Waals surface area contributed by atoms with Gasteiger partial charge < -0.3 is 4.84 Å². The molecule has 1 fully saturated rings. The van der Waals surface area contributed by atoms with Gasteiger partial charge in [-0.1, -0.05) is 6.07 Å². The predicted molar refractivity (Wildman–Crippen MR) is 92.4 cm³/mol. The van der Waals surface area contributed by atoms with Crippen molar-refractivity contribution in [2.45, 2.75) is 11.7 Å². The Bertz CT molecular complexity index is 1020. The Kier molecular flexibility index (Phi) is 6.21. The summed E-state index contributed by atoms with van der Waals surface area (Å²) >= 11 is 0. The maximum atomic E-state index is 12.2. The van der Waals surface area contributed by atoms with Gasteiger partial charge in [0.1, 0.15) is 0 Å². The first-order valence-electron chi connectivity index (χ1n) is 7.31. The van der Waals surface area contributed by atoms with E-state index in [0.29, 0.717) is 0 Å². The fourth-order valence-electron chi connectivity index (χ4n) is 2.47. The second kappa shape index (κ2) is 7.93. The Morgan fingerprint density at radius 2 is 1.71 bits per heavy atom. The summed E-state index contributed by atoms with van der Waals surface area (Å²) in [6, 6.07) is 5.06. The van der Waals surface area contributed by atoms with Crippen LogP contribution in [0.15, 0.2) is 36.4 Å². The molecule has 11 nitrogen and oxygen atoms in total. The zero-order valence-corrected chi connectivity index (χ0v) is 14.1. The number of amides is 4. The number of hydrogen-bond acceptors (Lipinski definition) is 8. The van der Waals surface area contributed by atoms with Gasteiger partial charge in [-0.2, -0.15) is 8.42 Å². The van der Waals surface area contributed by atoms with E-state index < -0.39 is 51.4 Å². The SMILES string of the molecule is O=C(ON1C(=O)CC(S(=O)(=O)O)C1=O)c1cccc(N2C(=O)C=CC2=O)c1.[NaH]. The summed E-state index contributed by atoms with van der Waals surface area (Å²) in [6.45, 7) is 0. The number of carbonyl (C=O) groups is 5. The van der Waals surface area contributed by atoms with Crippen molar-refractivity contribution in [3.8, 4) is 0 Å². The van der Waals surface area contributed by atoms with Gasteiger partial charge in [0.2, 0.25) is 0 Å². The molecule has 2 aliphatic heterocycles. The molecular weight excluding hydrogens is 407 g/mol. The van der Waals surface area contributed by atoms with E-state index in [1.165, 1.54) is 18.2 Å². The van der Waals surface area contributed by atoms with E-state index in [1.807, 2.05) is 0 Å². The maximum absolute atomic E-state index is 12.2. The van der Waals surface area contributed by atoms with Gasteiger partial charge in [0.25, 0.3) is 33.7 Å². The van der Waals surface area contributed by atoms with Crippen LogP contribution in [0.4, 0.5) is 5.69 Å². The molecule has 13 heteroatoms. The number of rotatable bonds is 4. The quantitative estimate of drug-likeness (QED) is 0.351. The van der Waals surface area contributed by atoms with Crippen LogP contribution in [0.1, 0.15) is 16.8 Å². The van der Waals surface area contributed by atoms with E-state index in [9.17, 15) is 32.4 Å². The summed E-state index contributed by atoms with van der Waals surface area (Å²) in [4.78, 5) is 64.6. The molecule has 0 aliphatic carbocycles. The predicted octanol–water partition coefficient (Wildman–Crippen LogP) is -1.45. The van der Waals surface area contributed by atoms with Crippen LogP contribution >= 0.6 is 0 Å². The molecule has 1 aromatic carbocycles. The molecule has 0 bridgehead atoms. The van der Waals surface area contributed by atoms with Crippen molar-refractivity contribution in [1.29, 1.82) is 0 Å². The van der Waals surface area contributed by atoms with Crippen molar-refractivity contribution in [3.63, 3.8) is 0 Å². The van der Waals surface area contributed by atoms with E-state index in [2.05, 4.69) is 4.84 Å². The summed E-state index contributed by atoms with van der Waals surface area (Å²) in [5, 5.41) is -2.09. The third-order valence-electron chi connectivity index (χ3n) is 3.75. The number of nitrogens with zero attached hydrogens (tertiary/aromatic N) is 2. The molecule has 3 rings (SSSR count). The molecule has 4 amide bonds. The molecule has 1 saturated heterocycles. The third-order valence-corrected chi connectivity index (χ3v) is 4.83. The average Bonchev–Trinajstić information content (AvgIpc) is 3.08. The van der Waals surface area contributed by atoms with E-state index >= 15 is 0 Å². The Morgan fingerprint density at radius 1 is 1.11 bits per heavy atom. The van der Waals surface area contributed by atoms with Crippen molar-refractivity contribution in [3.05, 3.63) is 42.0 Å². The molecule has 0 radical (unpaired) electrons. The second-order valence-corrected chi connectivity index (χ2v) is 7.11. The number of anilines is 1. The zero-order valence-electron chi connectivity index (χ0n) is 13.3. The van der Waals surface area contributed by atoms with Crippen LogP contribution in [0.3, 0.4) is 0 Å². The van der Waals surface area contributed by atoms with Gasteiger partial charge in [0, 0.05) is 12.2 Å². The van der Waals surface area contributed by atoms with Gasteiger partial charge in [-0.25, -0.2) is 9.69 Å². The number of benzene rings is 1. The van der Waals surface area contributed by atoms with Crippen LogP contribution in [-0.2, 0) is 34.1 Å². The van der Waals surface area contributed by atoms with Gasteiger partial charge in [-0.3, -0.25) is 23.7 Å². The molecular formula is C15H11N2NaO9S. The molecule has 2 aliphatic rings. The van der Waals surface area contributed by atoms with Crippen LogP contribution in [-0.4, -0.2) is 82.4 Å². The number of hydroxylamine groups is 2. The molecule has 0 saturated carbocycles. The van der Waals surface area contributed by atoms with E-state index in [-0.39, 0.29) is 45.9 Å². The first kappa shape index (κ1) is 21.9. The van der Waals surface area contributed by atoms with Gasteiger partial charge in [0.05, 0.1) is 17.7 Å². The first-order valence-corrected chi connectivity index (χ1v) is 8.81. The number of imide groups is 2. The summed E-state index contributed by atoms with van der Waals surface area (Å²) in [5.41, 5.74) is -0.157. The van der Waals surface area contributed by atoms with E-state index in [0.717, 1.165) is 23.1 Å². The van der Waals surface area contributed by atoms with Crippen molar-refractivity contribution in [2.24, 2.45) is 0 Å².